The molecule has 2 fully saturated rings. The quantitative estimate of drug-likeness (QED) is 0.726. The van der Waals surface area contributed by atoms with Crippen molar-refractivity contribution >= 4 is 16.9 Å². The maximum Gasteiger partial charge on any atom is 0.261 e. The standard InChI is InChI=1S/C24H37N5O/c1-16(2)13-17(3)27-24-26-14-20-22(28-24)21(18-7-5-4-6-8-18)15-29(23(20)30)19-9-11-25-12-10-19/h14-19,25H,4-13H2,1-3H3,(H,26,27,28). The van der Waals surface area contributed by atoms with Gasteiger partial charge in [0.05, 0.1) is 10.9 Å². The lowest BCUT2D eigenvalue weighted by molar-refractivity contribution is 0.359. The van der Waals surface area contributed by atoms with Crippen molar-refractivity contribution in [1.29, 1.82) is 0 Å². The first kappa shape index (κ1) is 21.3. The van der Waals surface area contributed by atoms with Gasteiger partial charge in [0.1, 0.15) is 0 Å². The fraction of sp³-hybridized carbons (Fsp3) is 0.708. The molecular formula is C24H37N5O. The average Bonchev–Trinajstić information content (AvgIpc) is 2.74. The summed E-state index contributed by atoms with van der Waals surface area (Å²) in [5, 5.41) is 7.54. The predicted molar refractivity (Wildman–Crippen MR) is 123 cm³/mol. The first-order chi connectivity index (χ1) is 14.5. The number of fused-ring (bicyclic) bond motifs is 1. The van der Waals surface area contributed by atoms with Crippen LogP contribution in [0.4, 0.5) is 5.95 Å². The number of piperidine rings is 1. The smallest absolute Gasteiger partial charge is 0.261 e. The fourth-order valence-electron chi connectivity index (χ4n) is 5.29. The zero-order valence-electron chi connectivity index (χ0n) is 18.8. The van der Waals surface area contributed by atoms with Crippen molar-refractivity contribution in [2.75, 3.05) is 18.4 Å². The molecule has 0 aromatic carbocycles. The van der Waals surface area contributed by atoms with Gasteiger partial charge in [0.2, 0.25) is 5.95 Å². The minimum atomic E-state index is 0.0678. The maximum absolute atomic E-state index is 13.4. The summed E-state index contributed by atoms with van der Waals surface area (Å²) in [6.45, 7) is 8.57. The third kappa shape index (κ3) is 4.69. The summed E-state index contributed by atoms with van der Waals surface area (Å²) in [5.41, 5.74) is 2.19. The summed E-state index contributed by atoms with van der Waals surface area (Å²) in [6.07, 6.45) is 13.2. The molecule has 6 heteroatoms. The van der Waals surface area contributed by atoms with Gasteiger partial charge < -0.3 is 15.2 Å². The molecule has 0 bridgehead atoms. The number of nitrogens with one attached hydrogen (secondary N) is 2. The molecule has 30 heavy (non-hydrogen) atoms. The van der Waals surface area contributed by atoms with Crippen LogP contribution in [0.15, 0.2) is 17.2 Å². The Morgan fingerprint density at radius 1 is 1.13 bits per heavy atom. The van der Waals surface area contributed by atoms with Crippen LogP contribution >= 0.6 is 0 Å². The molecule has 2 N–H and O–H groups in total. The molecule has 164 valence electrons. The number of pyridine rings is 1. The zero-order valence-corrected chi connectivity index (χ0v) is 18.8. The second-order valence-corrected chi connectivity index (χ2v) is 9.74. The van der Waals surface area contributed by atoms with Crippen molar-refractivity contribution in [2.24, 2.45) is 5.92 Å². The Kier molecular flexibility index (Phi) is 6.71. The van der Waals surface area contributed by atoms with E-state index in [4.69, 9.17) is 4.98 Å². The van der Waals surface area contributed by atoms with Crippen LogP contribution in [0.5, 0.6) is 0 Å². The molecule has 4 rings (SSSR count). The molecule has 0 amide bonds. The average molecular weight is 412 g/mol. The van der Waals surface area contributed by atoms with Gasteiger partial charge in [0, 0.05) is 24.5 Å². The summed E-state index contributed by atoms with van der Waals surface area (Å²) in [6, 6.07) is 0.574. The van der Waals surface area contributed by atoms with Gasteiger partial charge in [-0.2, -0.15) is 0 Å². The molecule has 1 saturated heterocycles. The summed E-state index contributed by atoms with van der Waals surface area (Å²) in [7, 11) is 0. The van der Waals surface area contributed by atoms with Crippen LogP contribution in [-0.4, -0.2) is 33.7 Å². The summed E-state index contributed by atoms with van der Waals surface area (Å²) in [4.78, 5) is 22.8. The van der Waals surface area contributed by atoms with Crippen LogP contribution in [0.3, 0.4) is 0 Å². The van der Waals surface area contributed by atoms with Crippen molar-refractivity contribution in [3.05, 3.63) is 28.3 Å². The highest BCUT2D eigenvalue weighted by Crippen LogP contribution is 2.36. The first-order valence-electron chi connectivity index (χ1n) is 11.9. The molecule has 2 aromatic rings. The number of aromatic nitrogens is 3. The van der Waals surface area contributed by atoms with Crippen LogP contribution in [0.1, 0.15) is 89.7 Å². The molecule has 1 atom stereocenters. The summed E-state index contributed by atoms with van der Waals surface area (Å²) < 4.78 is 2.00. The topological polar surface area (TPSA) is 71.8 Å². The lowest BCUT2D eigenvalue weighted by atomic mass is 9.84. The van der Waals surface area contributed by atoms with Gasteiger partial charge >= 0.3 is 0 Å². The molecule has 1 saturated carbocycles. The van der Waals surface area contributed by atoms with Crippen molar-refractivity contribution in [2.45, 2.75) is 90.1 Å². The molecule has 1 aliphatic heterocycles. The van der Waals surface area contributed by atoms with Crippen LogP contribution in [-0.2, 0) is 0 Å². The van der Waals surface area contributed by atoms with Crippen LogP contribution in [0.2, 0.25) is 0 Å². The lowest BCUT2D eigenvalue weighted by Crippen LogP contribution is -2.34. The van der Waals surface area contributed by atoms with Crippen molar-refractivity contribution in [3.8, 4) is 0 Å². The first-order valence-corrected chi connectivity index (χ1v) is 11.9. The maximum atomic E-state index is 13.4. The molecule has 3 heterocycles. The number of anilines is 1. The SMILES string of the molecule is CC(C)CC(C)Nc1ncc2c(=O)n(C3CCNCC3)cc(C3CCCCC3)c2n1. The Morgan fingerprint density at radius 3 is 2.57 bits per heavy atom. The Labute approximate surface area is 179 Å². The highest BCUT2D eigenvalue weighted by Gasteiger charge is 2.24. The van der Waals surface area contributed by atoms with E-state index in [-0.39, 0.29) is 11.6 Å². The van der Waals surface area contributed by atoms with E-state index in [1.807, 2.05) is 4.57 Å². The van der Waals surface area contributed by atoms with E-state index in [1.54, 1.807) is 6.20 Å². The molecule has 1 unspecified atom stereocenters. The number of hydrogen-bond donors (Lipinski definition) is 2. The van der Waals surface area contributed by atoms with Crippen molar-refractivity contribution in [3.63, 3.8) is 0 Å². The molecule has 0 radical (unpaired) electrons. The normalized spacial score (nSPS) is 20.0. The molecule has 1 aliphatic carbocycles. The molecule has 6 nitrogen and oxygen atoms in total. The largest absolute Gasteiger partial charge is 0.352 e. The summed E-state index contributed by atoms with van der Waals surface area (Å²) in [5.74, 6) is 1.75. The Balaban J connectivity index is 1.76. The van der Waals surface area contributed by atoms with E-state index < -0.39 is 0 Å². The van der Waals surface area contributed by atoms with Gasteiger partial charge in [-0.15, -0.1) is 0 Å². The van der Waals surface area contributed by atoms with E-state index in [2.05, 4.69) is 42.6 Å². The predicted octanol–water partition coefficient (Wildman–Crippen LogP) is 4.61. The molecule has 2 aliphatic rings. The molecular weight excluding hydrogens is 374 g/mol. The third-order valence-electron chi connectivity index (χ3n) is 6.75. The third-order valence-corrected chi connectivity index (χ3v) is 6.75. The zero-order chi connectivity index (χ0) is 21.1. The second-order valence-electron chi connectivity index (χ2n) is 9.74. The van der Waals surface area contributed by atoms with E-state index in [1.165, 1.54) is 37.7 Å². The van der Waals surface area contributed by atoms with E-state index >= 15 is 0 Å². The van der Waals surface area contributed by atoms with Gasteiger partial charge in [-0.05, 0) is 69.5 Å². The van der Waals surface area contributed by atoms with E-state index in [0.29, 0.717) is 29.2 Å². The van der Waals surface area contributed by atoms with Crippen LogP contribution in [0.25, 0.3) is 10.9 Å². The number of rotatable bonds is 6. The van der Waals surface area contributed by atoms with Gasteiger partial charge in [-0.25, -0.2) is 9.97 Å². The monoisotopic (exact) mass is 411 g/mol. The Hall–Kier alpha value is -1.95. The van der Waals surface area contributed by atoms with Crippen LogP contribution in [0, 0.1) is 5.92 Å². The minimum Gasteiger partial charge on any atom is -0.352 e. The van der Waals surface area contributed by atoms with Gasteiger partial charge in [-0.3, -0.25) is 4.79 Å². The van der Waals surface area contributed by atoms with E-state index in [0.717, 1.165) is 37.9 Å². The van der Waals surface area contributed by atoms with Crippen molar-refractivity contribution < 1.29 is 0 Å². The van der Waals surface area contributed by atoms with Gasteiger partial charge in [0.15, 0.2) is 0 Å². The Morgan fingerprint density at radius 2 is 1.87 bits per heavy atom. The molecule has 2 aromatic heterocycles. The minimum absolute atomic E-state index is 0.0678. The number of nitrogens with zero attached hydrogens (tertiary/aromatic N) is 3. The van der Waals surface area contributed by atoms with Crippen molar-refractivity contribution in [1.82, 2.24) is 19.9 Å². The summed E-state index contributed by atoms with van der Waals surface area (Å²) >= 11 is 0. The Bertz CT molecular complexity index is 910. The second kappa shape index (κ2) is 9.46. The van der Waals surface area contributed by atoms with Gasteiger partial charge in [0.25, 0.3) is 5.56 Å². The highest BCUT2D eigenvalue weighted by molar-refractivity contribution is 5.81. The lowest BCUT2D eigenvalue weighted by Gasteiger charge is -2.28. The molecule has 0 spiro atoms. The van der Waals surface area contributed by atoms with Gasteiger partial charge in [-0.1, -0.05) is 33.1 Å². The van der Waals surface area contributed by atoms with Crippen LogP contribution < -0.4 is 16.2 Å². The fourth-order valence-corrected chi connectivity index (χ4v) is 5.29. The number of hydrogen-bond acceptors (Lipinski definition) is 5. The van der Waals surface area contributed by atoms with E-state index in [9.17, 15) is 4.79 Å². The highest BCUT2D eigenvalue weighted by atomic mass is 16.1.